The number of aryl methyl sites for hydroxylation is 1. The molecular weight excluding hydrogens is 226 g/mol. The second-order valence-electron chi connectivity index (χ2n) is 3.95. The molecule has 1 N–H and O–H groups in total. The molecule has 18 heavy (non-hydrogen) atoms. The lowest BCUT2D eigenvalue weighted by molar-refractivity contribution is 0.415. The zero-order valence-electron chi connectivity index (χ0n) is 10.9. The summed E-state index contributed by atoms with van der Waals surface area (Å²) in [4.78, 5) is 8.79. The summed E-state index contributed by atoms with van der Waals surface area (Å²) in [5.74, 6) is 2.43. The Morgan fingerprint density at radius 1 is 1.22 bits per heavy atom. The van der Waals surface area contributed by atoms with Crippen LogP contribution in [0.4, 0.5) is 5.82 Å². The summed E-state index contributed by atoms with van der Waals surface area (Å²) < 4.78 is 5.23. The topological polar surface area (TPSA) is 47.0 Å². The van der Waals surface area contributed by atoms with E-state index in [1.54, 1.807) is 7.11 Å². The molecule has 0 aliphatic heterocycles. The van der Waals surface area contributed by atoms with Gasteiger partial charge in [0.05, 0.1) is 12.8 Å². The minimum absolute atomic E-state index is 0.756. The number of nitrogens with one attached hydrogen (secondary N) is 1. The summed E-state index contributed by atoms with van der Waals surface area (Å²) >= 11 is 0. The third kappa shape index (κ3) is 2.77. The van der Waals surface area contributed by atoms with E-state index in [2.05, 4.69) is 15.3 Å². The number of methoxy groups -OCH3 is 1. The van der Waals surface area contributed by atoms with Crippen molar-refractivity contribution in [3.63, 3.8) is 0 Å². The molecule has 0 fully saturated rings. The van der Waals surface area contributed by atoms with Crippen LogP contribution in [-0.2, 0) is 0 Å². The Kier molecular flexibility index (Phi) is 3.77. The van der Waals surface area contributed by atoms with Gasteiger partial charge in [0.15, 0.2) is 0 Å². The maximum absolute atomic E-state index is 5.23. The molecule has 1 heterocycles. The Morgan fingerprint density at radius 3 is 2.78 bits per heavy atom. The third-order valence-electron chi connectivity index (χ3n) is 2.56. The van der Waals surface area contributed by atoms with E-state index in [9.17, 15) is 0 Å². The Bertz CT molecular complexity index is 540. The molecule has 2 aromatic rings. The molecule has 0 amide bonds. The fourth-order valence-electron chi connectivity index (χ4n) is 1.77. The van der Waals surface area contributed by atoms with E-state index >= 15 is 0 Å². The summed E-state index contributed by atoms with van der Waals surface area (Å²) in [5, 5.41) is 3.20. The van der Waals surface area contributed by atoms with Crippen LogP contribution in [-0.4, -0.2) is 23.6 Å². The smallest absolute Gasteiger partial charge is 0.130 e. The first-order valence-electron chi connectivity index (χ1n) is 5.97. The molecule has 0 bridgehead atoms. The number of aromatic nitrogens is 2. The van der Waals surface area contributed by atoms with Crippen LogP contribution in [0.1, 0.15) is 12.7 Å². The first-order valence-corrected chi connectivity index (χ1v) is 5.97. The largest absolute Gasteiger partial charge is 0.497 e. The molecule has 0 radical (unpaired) electrons. The van der Waals surface area contributed by atoms with Gasteiger partial charge in [-0.25, -0.2) is 9.97 Å². The Balaban J connectivity index is 2.42. The van der Waals surface area contributed by atoms with Crippen LogP contribution in [0.2, 0.25) is 0 Å². The average Bonchev–Trinajstić information content (AvgIpc) is 2.38. The SMILES string of the molecule is CCNc1cc(-c2cccc(OC)c2)nc(C)n1. The Morgan fingerprint density at radius 2 is 2.06 bits per heavy atom. The van der Waals surface area contributed by atoms with Gasteiger partial charge < -0.3 is 10.1 Å². The average molecular weight is 243 g/mol. The van der Waals surface area contributed by atoms with Gasteiger partial charge in [0.2, 0.25) is 0 Å². The summed E-state index contributed by atoms with van der Waals surface area (Å²) in [6, 6.07) is 9.81. The molecule has 1 aromatic carbocycles. The predicted molar refractivity (Wildman–Crippen MR) is 72.9 cm³/mol. The van der Waals surface area contributed by atoms with Gasteiger partial charge in [-0.1, -0.05) is 12.1 Å². The second-order valence-corrected chi connectivity index (χ2v) is 3.95. The standard InChI is InChI=1S/C14H17N3O/c1-4-15-14-9-13(16-10(2)17-14)11-6-5-7-12(8-11)18-3/h5-9H,4H2,1-3H3,(H,15,16,17). The van der Waals surface area contributed by atoms with Crippen molar-refractivity contribution in [1.82, 2.24) is 9.97 Å². The highest BCUT2D eigenvalue weighted by Crippen LogP contribution is 2.23. The molecule has 1 aromatic heterocycles. The van der Waals surface area contributed by atoms with Crippen LogP contribution in [0.15, 0.2) is 30.3 Å². The monoisotopic (exact) mass is 243 g/mol. The van der Waals surface area contributed by atoms with Gasteiger partial charge in [-0.05, 0) is 26.0 Å². The molecule has 4 nitrogen and oxygen atoms in total. The number of hydrogen-bond acceptors (Lipinski definition) is 4. The van der Waals surface area contributed by atoms with E-state index in [4.69, 9.17) is 4.74 Å². The normalized spacial score (nSPS) is 10.2. The van der Waals surface area contributed by atoms with Crippen LogP contribution < -0.4 is 10.1 Å². The molecule has 0 aliphatic carbocycles. The molecule has 0 unspecified atom stereocenters. The van der Waals surface area contributed by atoms with Crippen molar-refractivity contribution in [2.24, 2.45) is 0 Å². The summed E-state index contributed by atoms with van der Waals surface area (Å²) in [7, 11) is 1.66. The second kappa shape index (κ2) is 5.49. The lowest BCUT2D eigenvalue weighted by atomic mass is 10.1. The van der Waals surface area contributed by atoms with E-state index in [0.29, 0.717) is 0 Å². The molecular formula is C14H17N3O. The summed E-state index contributed by atoms with van der Waals surface area (Å²) in [5.41, 5.74) is 1.93. The summed E-state index contributed by atoms with van der Waals surface area (Å²) in [6.45, 7) is 4.78. The van der Waals surface area contributed by atoms with Crippen LogP contribution in [0.25, 0.3) is 11.3 Å². The van der Waals surface area contributed by atoms with Crippen molar-refractivity contribution in [2.45, 2.75) is 13.8 Å². The predicted octanol–water partition coefficient (Wildman–Crippen LogP) is 2.89. The lowest BCUT2D eigenvalue weighted by Crippen LogP contribution is -2.02. The molecule has 0 aliphatic rings. The van der Waals surface area contributed by atoms with Gasteiger partial charge in [-0.15, -0.1) is 0 Å². The van der Waals surface area contributed by atoms with Crippen LogP contribution in [0.5, 0.6) is 5.75 Å². The van der Waals surface area contributed by atoms with Crippen molar-refractivity contribution < 1.29 is 4.74 Å². The molecule has 94 valence electrons. The molecule has 2 rings (SSSR count). The van der Waals surface area contributed by atoms with E-state index < -0.39 is 0 Å². The first-order chi connectivity index (χ1) is 8.72. The van der Waals surface area contributed by atoms with Gasteiger partial charge in [0.25, 0.3) is 0 Å². The minimum atomic E-state index is 0.756. The van der Waals surface area contributed by atoms with E-state index in [1.807, 2.05) is 44.2 Å². The van der Waals surface area contributed by atoms with Gasteiger partial charge in [0, 0.05) is 18.2 Å². The number of ether oxygens (including phenoxy) is 1. The van der Waals surface area contributed by atoms with Crippen LogP contribution in [0, 0.1) is 6.92 Å². The van der Waals surface area contributed by atoms with Crippen molar-refractivity contribution in [1.29, 1.82) is 0 Å². The summed E-state index contributed by atoms with van der Waals surface area (Å²) in [6.07, 6.45) is 0. The van der Waals surface area contributed by atoms with Gasteiger partial charge in [-0.2, -0.15) is 0 Å². The third-order valence-corrected chi connectivity index (χ3v) is 2.56. The molecule has 0 atom stereocenters. The Hall–Kier alpha value is -2.10. The number of hydrogen-bond donors (Lipinski definition) is 1. The first kappa shape index (κ1) is 12.4. The zero-order valence-corrected chi connectivity index (χ0v) is 10.9. The maximum atomic E-state index is 5.23. The number of anilines is 1. The molecule has 0 saturated carbocycles. The van der Waals surface area contributed by atoms with E-state index in [1.165, 1.54) is 0 Å². The van der Waals surface area contributed by atoms with E-state index in [0.717, 1.165) is 35.2 Å². The number of rotatable bonds is 4. The Labute approximate surface area is 107 Å². The van der Waals surface area contributed by atoms with Crippen molar-refractivity contribution >= 4 is 5.82 Å². The molecule has 0 saturated heterocycles. The quantitative estimate of drug-likeness (QED) is 0.897. The van der Waals surface area contributed by atoms with Gasteiger partial charge in [0.1, 0.15) is 17.4 Å². The fourth-order valence-corrected chi connectivity index (χ4v) is 1.77. The minimum Gasteiger partial charge on any atom is -0.497 e. The fraction of sp³-hybridized carbons (Fsp3) is 0.286. The highest BCUT2D eigenvalue weighted by molar-refractivity contribution is 5.64. The van der Waals surface area contributed by atoms with Gasteiger partial charge >= 0.3 is 0 Å². The van der Waals surface area contributed by atoms with Gasteiger partial charge in [-0.3, -0.25) is 0 Å². The van der Waals surface area contributed by atoms with Crippen LogP contribution >= 0.6 is 0 Å². The maximum Gasteiger partial charge on any atom is 0.130 e. The van der Waals surface area contributed by atoms with E-state index in [-0.39, 0.29) is 0 Å². The highest BCUT2D eigenvalue weighted by Gasteiger charge is 2.05. The van der Waals surface area contributed by atoms with Crippen molar-refractivity contribution in [3.8, 4) is 17.0 Å². The van der Waals surface area contributed by atoms with Crippen molar-refractivity contribution in [2.75, 3.05) is 19.0 Å². The molecule has 0 spiro atoms. The van der Waals surface area contributed by atoms with Crippen molar-refractivity contribution in [3.05, 3.63) is 36.2 Å². The zero-order chi connectivity index (χ0) is 13.0. The lowest BCUT2D eigenvalue weighted by Gasteiger charge is -2.08. The highest BCUT2D eigenvalue weighted by atomic mass is 16.5. The molecule has 4 heteroatoms. The van der Waals surface area contributed by atoms with Crippen LogP contribution in [0.3, 0.4) is 0 Å². The number of nitrogens with zero attached hydrogens (tertiary/aromatic N) is 2. The number of benzene rings is 1.